The Balaban J connectivity index is 2.00. The van der Waals surface area contributed by atoms with Crippen molar-refractivity contribution < 1.29 is 4.79 Å². The maximum absolute atomic E-state index is 12.2. The van der Waals surface area contributed by atoms with Crippen molar-refractivity contribution in [3.8, 4) is 0 Å². The third kappa shape index (κ3) is 3.03. The Labute approximate surface area is 109 Å². The fourth-order valence-electron chi connectivity index (χ4n) is 2.28. The molecule has 0 spiro atoms. The Morgan fingerprint density at radius 1 is 1.28 bits per heavy atom. The average Bonchev–Trinajstić information content (AvgIpc) is 2.34. The van der Waals surface area contributed by atoms with Gasteiger partial charge in [0.2, 0.25) is 0 Å². The van der Waals surface area contributed by atoms with Crippen molar-refractivity contribution in [2.75, 3.05) is 18.4 Å². The monoisotopic (exact) mass is 246 g/mol. The molecule has 0 bridgehead atoms. The number of anilines is 1. The number of rotatable bonds is 1. The zero-order valence-corrected chi connectivity index (χ0v) is 11.5. The van der Waals surface area contributed by atoms with Crippen molar-refractivity contribution in [2.24, 2.45) is 5.92 Å². The van der Waals surface area contributed by atoms with Crippen LogP contribution in [0, 0.1) is 19.8 Å². The lowest BCUT2D eigenvalue weighted by atomic mass is 10.00. The van der Waals surface area contributed by atoms with E-state index in [1.807, 2.05) is 30.9 Å². The minimum atomic E-state index is 0.0376. The Hall–Kier alpha value is -1.51. The van der Waals surface area contributed by atoms with Crippen LogP contribution in [0.25, 0.3) is 0 Å². The maximum atomic E-state index is 12.2. The molecule has 0 aliphatic carbocycles. The van der Waals surface area contributed by atoms with Crippen molar-refractivity contribution in [1.29, 1.82) is 0 Å². The Morgan fingerprint density at radius 3 is 2.61 bits per heavy atom. The van der Waals surface area contributed by atoms with Crippen LogP contribution in [-0.4, -0.2) is 24.0 Å². The van der Waals surface area contributed by atoms with Crippen molar-refractivity contribution in [3.63, 3.8) is 0 Å². The molecule has 1 aliphatic rings. The molecule has 3 heteroatoms. The number of nitrogens with zero attached hydrogens (tertiary/aromatic N) is 1. The highest BCUT2D eigenvalue weighted by atomic mass is 16.2. The van der Waals surface area contributed by atoms with E-state index in [4.69, 9.17) is 0 Å². The van der Waals surface area contributed by atoms with Gasteiger partial charge in [-0.05, 0) is 49.8 Å². The quantitative estimate of drug-likeness (QED) is 0.807. The summed E-state index contributed by atoms with van der Waals surface area (Å²) in [6.07, 6.45) is 2.22. The van der Waals surface area contributed by atoms with Crippen LogP contribution in [-0.2, 0) is 0 Å². The van der Waals surface area contributed by atoms with E-state index < -0.39 is 0 Å². The van der Waals surface area contributed by atoms with Crippen LogP contribution in [0.5, 0.6) is 0 Å². The van der Waals surface area contributed by atoms with Gasteiger partial charge >= 0.3 is 6.03 Å². The van der Waals surface area contributed by atoms with E-state index in [-0.39, 0.29) is 6.03 Å². The second-order valence-electron chi connectivity index (χ2n) is 5.42. The van der Waals surface area contributed by atoms with Gasteiger partial charge < -0.3 is 10.2 Å². The SMILES string of the molecule is Cc1ccc(C)c(NC(=O)N2CCC(C)CC2)c1. The van der Waals surface area contributed by atoms with Crippen LogP contribution in [0.3, 0.4) is 0 Å². The molecule has 1 aromatic rings. The van der Waals surface area contributed by atoms with Crippen LogP contribution in [0.15, 0.2) is 18.2 Å². The summed E-state index contributed by atoms with van der Waals surface area (Å²) < 4.78 is 0. The fraction of sp³-hybridized carbons (Fsp3) is 0.533. The number of hydrogen-bond acceptors (Lipinski definition) is 1. The number of likely N-dealkylation sites (tertiary alicyclic amines) is 1. The molecule has 1 aliphatic heterocycles. The summed E-state index contributed by atoms with van der Waals surface area (Å²) in [5.41, 5.74) is 3.21. The molecule has 0 saturated carbocycles. The van der Waals surface area contributed by atoms with Crippen LogP contribution in [0.4, 0.5) is 10.5 Å². The Kier molecular flexibility index (Phi) is 3.90. The zero-order chi connectivity index (χ0) is 13.1. The molecule has 0 radical (unpaired) electrons. The number of piperidine rings is 1. The molecule has 0 atom stereocenters. The molecule has 18 heavy (non-hydrogen) atoms. The first-order valence-electron chi connectivity index (χ1n) is 6.69. The van der Waals surface area contributed by atoms with Gasteiger partial charge in [0.05, 0.1) is 0 Å². The second kappa shape index (κ2) is 5.42. The third-order valence-corrected chi connectivity index (χ3v) is 3.71. The number of hydrogen-bond donors (Lipinski definition) is 1. The molecular formula is C15H22N2O. The average molecular weight is 246 g/mol. The zero-order valence-electron chi connectivity index (χ0n) is 11.5. The van der Waals surface area contributed by atoms with Crippen molar-refractivity contribution in [3.05, 3.63) is 29.3 Å². The molecule has 1 saturated heterocycles. The van der Waals surface area contributed by atoms with E-state index in [1.165, 1.54) is 5.56 Å². The number of carbonyl (C=O) groups excluding carboxylic acids is 1. The van der Waals surface area contributed by atoms with Gasteiger partial charge in [-0.2, -0.15) is 0 Å². The summed E-state index contributed by atoms with van der Waals surface area (Å²) in [5.74, 6) is 0.745. The molecule has 1 heterocycles. The van der Waals surface area contributed by atoms with Gasteiger partial charge in [0, 0.05) is 18.8 Å². The first-order valence-corrected chi connectivity index (χ1v) is 6.69. The summed E-state index contributed by atoms with van der Waals surface area (Å²) in [4.78, 5) is 14.1. The normalized spacial score (nSPS) is 16.7. The second-order valence-corrected chi connectivity index (χ2v) is 5.42. The summed E-state index contributed by atoms with van der Waals surface area (Å²) in [6.45, 7) is 8.06. The van der Waals surface area contributed by atoms with E-state index in [2.05, 4.69) is 18.3 Å². The topological polar surface area (TPSA) is 32.3 Å². The summed E-state index contributed by atoms with van der Waals surface area (Å²) in [7, 11) is 0. The first kappa shape index (κ1) is 12.9. The third-order valence-electron chi connectivity index (χ3n) is 3.71. The molecule has 1 fully saturated rings. The van der Waals surface area contributed by atoms with Crippen molar-refractivity contribution >= 4 is 11.7 Å². The van der Waals surface area contributed by atoms with Gasteiger partial charge in [0.15, 0.2) is 0 Å². The lowest BCUT2D eigenvalue weighted by Gasteiger charge is -2.30. The number of aryl methyl sites for hydroxylation is 2. The number of amides is 2. The molecule has 2 rings (SSSR count). The van der Waals surface area contributed by atoms with Crippen LogP contribution in [0.2, 0.25) is 0 Å². The first-order chi connectivity index (χ1) is 8.56. The van der Waals surface area contributed by atoms with Gasteiger partial charge in [0.1, 0.15) is 0 Å². The van der Waals surface area contributed by atoms with Gasteiger partial charge in [-0.15, -0.1) is 0 Å². The summed E-state index contributed by atoms with van der Waals surface area (Å²) in [6, 6.07) is 6.17. The number of carbonyl (C=O) groups is 1. The lowest BCUT2D eigenvalue weighted by Crippen LogP contribution is -2.40. The number of urea groups is 1. The van der Waals surface area contributed by atoms with Crippen LogP contribution < -0.4 is 5.32 Å². The molecule has 0 unspecified atom stereocenters. The predicted octanol–water partition coefficient (Wildman–Crippen LogP) is 3.57. The maximum Gasteiger partial charge on any atom is 0.321 e. The molecule has 1 N–H and O–H groups in total. The highest BCUT2D eigenvalue weighted by molar-refractivity contribution is 5.90. The molecular weight excluding hydrogens is 224 g/mol. The van der Waals surface area contributed by atoms with E-state index in [0.29, 0.717) is 0 Å². The summed E-state index contributed by atoms with van der Waals surface area (Å²) >= 11 is 0. The standard InChI is InChI=1S/C15H22N2O/c1-11-6-8-17(9-7-11)15(18)16-14-10-12(2)4-5-13(14)3/h4-5,10-11H,6-9H2,1-3H3,(H,16,18). The van der Waals surface area contributed by atoms with E-state index >= 15 is 0 Å². The van der Waals surface area contributed by atoms with Crippen LogP contribution >= 0.6 is 0 Å². The Morgan fingerprint density at radius 2 is 1.94 bits per heavy atom. The van der Waals surface area contributed by atoms with Gasteiger partial charge in [-0.25, -0.2) is 4.79 Å². The molecule has 0 aromatic heterocycles. The van der Waals surface area contributed by atoms with Gasteiger partial charge in [-0.1, -0.05) is 19.1 Å². The fourth-order valence-corrected chi connectivity index (χ4v) is 2.28. The van der Waals surface area contributed by atoms with E-state index in [1.54, 1.807) is 0 Å². The minimum absolute atomic E-state index is 0.0376. The highest BCUT2D eigenvalue weighted by Crippen LogP contribution is 2.19. The van der Waals surface area contributed by atoms with E-state index in [9.17, 15) is 4.79 Å². The molecule has 1 aromatic carbocycles. The number of nitrogens with one attached hydrogen (secondary N) is 1. The lowest BCUT2D eigenvalue weighted by molar-refractivity contribution is 0.186. The molecule has 2 amide bonds. The van der Waals surface area contributed by atoms with Crippen LogP contribution in [0.1, 0.15) is 30.9 Å². The van der Waals surface area contributed by atoms with Gasteiger partial charge in [0.25, 0.3) is 0 Å². The molecule has 3 nitrogen and oxygen atoms in total. The van der Waals surface area contributed by atoms with E-state index in [0.717, 1.165) is 43.1 Å². The summed E-state index contributed by atoms with van der Waals surface area (Å²) in [5, 5.41) is 3.02. The molecule has 98 valence electrons. The highest BCUT2D eigenvalue weighted by Gasteiger charge is 2.20. The van der Waals surface area contributed by atoms with Crippen molar-refractivity contribution in [2.45, 2.75) is 33.6 Å². The minimum Gasteiger partial charge on any atom is -0.325 e. The Bertz CT molecular complexity index is 434. The van der Waals surface area contributed by atoms with Gasteiger partial charge in [-0.3, -0.25) is 0 Å². The predicted molar refractivity (Wildman–Crippen MR) is 74.9 cm³/mol. The van der Waals surface area contributed by atoms with Crippen molar-refractivity contribution in [1.82, 2.24) is 4.90 Å². The largest absolute Gasteiger partial charge is 0.325 e. The number of benzene rings is 1. The smallest absolute Gasteiger partial charge is 0.321 e.